The molecule has 3 heterocycles. The van der Waals surface area contributed by atoms with Crippen LogP contribution in [0, 0.1) is 17.8 Å². The average Bonchev–Trinajstić information content (AvgIpc) is 3.94. The molecule has 2 aliphatic carbocycles. The summed E-state index contributed by atoms with van der Waals surface area (Å²) in [7, 11) is 5.82. The maximum atomic E-state index is 13.1. The Balaban J connectivity index is 0.00000157. The van der Waals surface area contributed by atoms with Crippen LogP contribution >= 0.6 is 0 Å². The van der Waals surface area contributed by atoms with Gasteiger partial charge in [-0.15, -0.1) is 0 Å². The van der Waals surface area contributed by atoms with Gasteiger partial charge in [-0.2, -0.15) is 4.98 Å². The number of allylic oxidation sites excluding steroid dienone is 2. The summed E-state index contributed by atoms with van der Waals surface area (Å²) in [4.78, 5) is 40.0. The lowest BCUT2D eigenvalue weighted by molar-refractivity contribution is -0.118. The average molecular weight is 616 g/mol. The lowest BCUT2D eigenvalue weighted by Crippen LogP contribution is -2.39. The van der Waals surface area contributed by atoms with Crippen molar-refractivity contribution >= 4 is 34.1 Å². The van der Waals surface area contributed by atoms with Crippen LogP contribution in [0.15, 0.2) is 46.9 Å². The minimum atomic E-state index is -0.262. The van der Waals surface area contributed by atoms with E-state index in [1.807, 2.05) is 58.4 Å². The number of piperidine rings is 1. The first-order valence-electron chi connectivity index (χ1n) is 16.6. The number of rotatable bonds is 12. The van der Waals surface area contributed by atoms with Crippen LogP contribution in [0.2, 0.25) is 0 Å². The van der Waals surface area contributed by atoms with Crippen LogP contribution in [0.25, 0.3) is 10.9 Å². The van der Waals surface area contributed by atoms with E-state index in [-0.39, 0.29) is 25.1 Å². The zero-order chi connectivity index (χ0) is 32.2. The number of pyridine rings is 1. The number of nitrogens with one attached hydrogen (secondary N) is 1. The highest BCUT2D eigenvalue weighted by Crippen LogP contribution is 2.44. The molecule has 0 unspecified atom stereocenters. The standard InChI is InChI=1S/C34H43N6O3.C2H6.H2/c1-21-13-22(2)19-40(18-21)34-35-17-28(23-8-9-23)32(37-34)36-26-10-11-29-25(14-26)16-31(33(42)39(29)5)43-20-30(41)27-15-24(27)7-6-12-38(3)4;1-2;/h10-11,14-17,21-23H,6-9,12-13,18-20H2,1-5H3,(H,35,36,37);1-2H3;1H/t21-,22+;;. The molecule has 9 nitrogen and oxygen atoms in total. The molecule has 1 saturated heterocycles. The van der Waals surface area contributed by atoms with Gasteiger partial charge in [0.15, 0.2) is 11.5 Å². The van der Waals surface area contributed by atoms with Crippen molar-refractivity contribution in [2.75, 3.05) is 50.6 Å². The lowest BCUT2D eigenvalue weighted by atomic mass is 9.92. The molecule has 2 atom stereocenters. The first-order chi connectivity index (χ1) is 21.7. The van der Waals surface area contributed by atoms with E-state index >= 15 is 0 Å². The molecular weight excluding hydrogens is 564 g/mol. The number of hydrogen-bond acceptors (Lipinski definition) is 8. The molecule has 1 N–H and O–H groups in total. The topological polar surface area (TPSA) is 92.6 Å². The summed E-state index contributed by atoms with van der Waals surface area (Å²) in [6.45, 7) is 11.4. The summed E-state index contributed by atoms with van der Waals surface area (Å²) in [5, 5.41) is 4.41. The number of carbonyl (C=O) groups is 1. The number of aromatic nitrogens is 3. The van der Waals surface area contributed by atoms with Gasteiger partial charge in [0.2, 0.25) is 5.95 Å². The van der Waals surface area contributed by atoms with Gasteiger partial charge in [-0.1, -0.05) is 39.3 Å². The number of fused-ring (bicyclic) bond motifs is 1. The highest BCUT2D eigenvalue weighted by molar-refractivity contribution is 6.05. The van der Waals surface area contributed by atoms with E-state index in [0.29, 0.717) is 17.8 Å². The fourth-order valence-corrected chi connectivity index (χ4v) is 6.34. The number of hydrogen-bond donors (Lipinski definition) is 1. The Morgan fingerprint density at radius 1 is 1.13 bits per heavy atom. The predicted octanol–water partition coefficient (Wildman–Crippen LogP) is 6.51. The van der Waals surface area contributed by atoms with Crippen molar-refractivity contribution in [1.29, 1.82) is 0 Å². The van der Waals surface area contributed by atoms with E-state index in [0.717, 1.165) is 90.7 Å². The SMILES string of the molecule is CC.C[C@@H]1C[C@H](C)CN(c2ncc(C3CC3)c(Nc3ccc4c(c3)cc(OCC(=O)[C]3C=C3CCCN(C)C)c(=O)n4C)n2)C1.[HH]. The molecule has 3 aliphatic rings. The number of nitrogens with zero attached hydrogens (tertiary/aromatic N) is 5. The predicted molar refractivity (Wildman–Crippen MR) is 185 cm³/mol. The van der Waals surface area contributed by atoms with Crippen molar-refractivity contribution in [1.82, 2.24) is 19.4 Å². The van der Waals surface area contributed by atoms with E-state index < -0.39 is 0 Å². The van der Waals surface area contributed by atoms with Crippen molar-refractivity contribution in [2.45, 2.75) is 65.7 Å². The first-order valence-corrected chi connectivity index (χ1v) is 16.6. The Labute approximate surface area is 269 Å². The van der Waals surface area contributed by atoms with Crippen molar-refractivity contribution in [3.63, 3.8) is 0 Å². The summed E-state index contributed by atoms with van der Waals surface area (Å²) >= 11 is 0. The second-order valence-corrected chi connectivity index (χ2v) is 13.1. The van der Waals surface area contributed by atoms with Crippen LogP contribution < -0.4 is 20.5 Å². The van der Waals surface area contributed by atoms with Gasteiger partial charge in [-0.05, 0) is 94.8 Å². The second-order valence-electron chi connectivity index (χ2n) is 13.1. The number of aryl methyl sites for hydroxylation is 1. The van der Waals surface area contributed by atoms with Gasteiger partial charge >= 0.3 is 0 Å². The molecular formula is C36H51N6O3. The molecule has 243 valence electrons. The summed E-state index contributed by atoms with van der Waals surface area (Å²) in [6, 6.07) is 7.66. The molecule has 0 bridgehead atoms. The fraction of sp³-hybridized carbons (Fsp3) is 0.528. The van der Waals surface area contributed by atoms with Crippen LogP contribution in [0.4, 0.5) is 17.5 Å². The molecule has 1 saturated carbocycles. The van der Waals surface area contributed by atoms with Crippen LogP contribution in [-0.4, -0.2) is 65.6 Å². The Kier molecular flexibility index (Phi) is 10.3. The van der Waals surface area contributed by atoms with Crippen molar-refractivity contribution in [3.05, 3.63) is 63.9 Å². The number of anilines is 3. The van der Waals surface area contributed by atoms with Gasteiger partial charge < -0.3 is 24.4 Å². The number of benzene rings is 1. The van der Waals surface area contributed by atoms with Crippen molar-refractivity contribution in [3.8, 4) is 5.75 Å². The molecule has 2 fully saturated rings. The smallest absolute Gasteiger partial charge is 0.293 e. The molecule has 3 aromatic rings. The Morgan fingerprint density at radius 2 is 1.87 bits per heavy atom. The molecule has 1 aromatic carbocycles. The van der Waals surface area contributed by atoms with E-state index in [9.17, 15) is 9.59 Å². The highest BCUT2D eigenvalue weighted by atomic mass is 16.5. The van der Waals surface area contributed by atoms with Crippen LogP contribution in [0.3, 0.4) is 0 Å². The molecule has 0 spiro atoms. The van der Waals surface area contributed by atoms with E-state index in [1.54, 1.807) is 17.7 Å². The van der Waals surface area contributed by atoms with Gasteiger partial charge in [0, 0.05) is 44.4 Å². The summed E-state index contributed by atoms with van der Waals surface area (Å²) in [5.74, 6) is 4.17. The number of carbonyl (C=O) groups excluding carboxylic acids is 1. The zero-order valence-electron chi connectivity index (χ0n) is 28.0. The normalized spacial score (nSPS) is 19.6. The zero-order valence-corrected chi connectivity index (χ0v) is 28.0. The molecule has 0 amide bonds. The maximum absolute atomic E-state index is 13.1. The maximum Gasteiger partial charge on any atom is 0.293 e. The van der Waals surface area contributed by atoms with Crippen LogP contribution in [-0.2, 0) is 11.8 Å². The van der Waals surface area contributed by atoms with Gasteiger partial charge in [0.05, 0.1) is 11.4 Å². The Morgan fingerprint density at radius 3 is 2.56 bits per heavy atom. The highest BCUT2D eigenvalue weighted by Gasteiger charge is 2.33. The largest absolute Gasteiger partial charge is 0.480 e. The van der Waals surface area contributed by atoms with Crippen LogP contribution in [0.5, 0.6) is 5.75 Å². The molecule has 1 aliphatic heterocycles. The third kappa shape index (κ3) is 7.93. The van der Waals surface area contributed by atoms with Gasteiger partial charge in [0.25, 0.3) is 5.56 Å². The monoisotopic (exact) mass is 615 g/mol. The lowest BCUT2D eigenvalue weighted by Gasteiger charge is -2.35. The van der Waals surface area contributed by atoms with E-state index in [4.69, 9.17) is 14.7 Å². The minimum absolute atomic E-state index is 0. The first kappa shape index (κ1) is 32.7. The molecule has 6 rings (SSSR count). The summed E-state index contributed by atoms with van der Waals surface area (Å²) in [6.07, 6.45) is 9.36. The third-order valence-electron chi connectivity index (χ3n) is 8.72. The van der Waals surface area contributed by atoms with E-state index in [1.165, 1.54) is 6.42 Å². The van der Waals surface area contributed by atoms with Crippen LogP contribution in [0.1, 0.15) is 72.7 Å². The molecule has 1 radical (unpaired) electrons. The van der Waals surface area contributed by atoms with Gasteiger partial charge in [-0.25, -0.2) is 4.98 Å². The minimum Gasteiger partial charge on any atom is -0.480 e. The number of ketones is 1. The van der Waals surface area contributed by atoms with Gasteiger partial charge in [-0.3, -0.25) is 9.59 Å². The summed E-state index contributed by atoms with van der Waals surface area (Å²) < 4.78 is 7.38. The second kappa shape index (κ2) is 14.1. The van der Waals surface area contributed by atoms with Gasteiger partial charge in [0.1, 0.15) is 12.4 Å². The van der Waals surface area contributed by atoms with E-state index in [2.05, 4.69) is 29.0 Å². The quantitative estimate of drug-likeness (QED) is 0.247. The molecule has 9 heteroatoms. The fourth-order valence-electron chi connectivity index (χ4n) is 6.34. The Bertz CT molecular complexity index is 1610. The third-order valence-corrected chi connectivity index (χ3v) is 8.72. The Hall–Kier alpha value is -3.72. The number of ether oxygens (including phenoxy) is 1. The van der Waals surface area contributed by atoms with Crippen molar-refractivity contribution < 1.29 is 11.0 Å². The summed E-state index contributed by atoms with van der Waals surface area (Å²) in [5.41, 5.74) is 3.65. The molecule has 2 aromatic heterocycles. The molecule has 45 heavy (non-hydrogen) atoms. The number of Topliss-reactive ketones (excluding diaryl/α,β-unsaturated/α-hetero) is 1. The van der Waals surface area contributed by atoms with Crippen molar-refractivity contribution in [2.24, 2.45) is 18.9 Å².